The molecule has 2 aromatic carbocycles. The number of carbonyl (C=O) groups excluding carboxylic acids is 2. The first-order valence-corrected chi connectivity index (χ1v) is 7.32. The average molecular weight is 345 g/mol. The molecule has 0 radical (unpaired) electrons. The van der Waals surface area contributed by atoms with Gasteiger partial charge in [-0.2, -0.15) is 0 Å². The van der Waals surface area contributed by atoms with Crippen molar-refractivity contribution in [3.05, 3.63) is 58.1 Å². The van der Waals surface area contributed by atoms with Crippen molar-refractivity contribution in [2.75, 3.05) is 16.8 Å². The van der Waals surface area contributed by atoms with Gasteiger partial charge in [0.15, 0.2) is 0 Å². The van der Waals surface area contributed by atoms with Gasteiger partial charge in [-0.15, -0.1) is 0 Å². The number of halogens is 1. The zero-order valence-corrected chi connectivity index (χ0v) is 13.0. The van der Waals surface area contributed by atoms with Gasteiger partial charge in [-0.1, -0.05) is 34.1 Å². The van der Waals surface area contributed by atoms with Gasteiger partial charge in [0, 0.05) is 10.0 Å². The van der Waals surface area contributed by atoms with Crippen LogP contribution < -0.4 is 10.2 Å². The molecule has 0 atom stereocenters. The fourth-order valence-corrected chi connectivity index (χ4v) is 2.67. The monoisotopic (exact) mass is 344 g/mol. The number of amides is 2. The number of rotatable bonds is 1. The maximum absolute atomic E-state index is 12.7. The highest BCUT2D eigenvalue weighted by molar-refractivity contribution is 9.10. The number of nitrogens with one attached hydrogen (secondary N) is 1. The number of nitrogens with zero attached hydrogens (tertiary/aromatic N) is 1. The summed E-state index contributed by atoms with van der Waals surface area (Å²) in [6.45, 7) is 1.99. The summed E-state index contributed by atoms with van der Waals surface area (Å²) in [6, 6.07) is 12.7. The molecule has 21 heavy (non-hydrogen) atoms. The topological polar surface area (TPSA) is 49.4 Å². The molecule has 0 spiro atoms. The molecule has 1 aliphatic rings. The summed E-state index contributed by atoms with van der Waals surface area (Å²) < 4.78 is 0.878. The average Bonchev–Trinajstić information content (AvgIpc) is 2.48. The highest BCUT2D eigenvalue weighted by Crippen LogP contribution is 2.30. The first-order valence-electron chi connectivity index (χ1n) is 6.53. The zero-order valence-electron chi connectivity index (χ0n) is 11.4. The Kier molecular flexibility index (Phi) is 3.51. The van der Waals surface area contributed by atoms with Crippen LogP contribution in [0, 0.1) is 6.92 Å². The van der Waals surface area contributed by atoms with Gasteiger partial charge in [0.05, 0.1) is 11.4 Å². The number of benzene rings is 2. The molecule has 1 heterocycles. The molecule has 0 unspecified atom stereocenters. The number of carbonyl (C=O) groups is 2. The van der Waals surface area contributed by atoms with Gasteiger partial charge in [-0.3, -0.25) is 14.5 Å². The van der Waals surface area contributed by atoms with Gasteiger partial charge in [-0.05, 0) is 36.8 Å². The SMILES string of the molecule is Cc1ccc(C(=O)N2CC(=O)Nc3ccccc32)cc1Br. The Morgan fingerprint density at radius 2 is 2.00 bits per heavy atom. The van der Waals surface area contributed by atoms with Crippen molar-refractivity contribution in [3.63, 3.8) is 0 Å². The van der Waals surface area contributed by atoms with Crippen molar-refractivity contribution in [2.45, 2.75) is 6.92 Å². The lowest BCUT2D eigenvalue weighted by molar-refractivity contribution is -0.115. The van der Waals surface area contributed by atoms with E-state index in [1.807, 2.05) is 31.2 Å². The molecule has 3 rings (SSSR count). The van der Waals surface area contributed by atoms with Crippen LogP contribution in [0.15, 0.2) is 46.9 Å². The van der Waals surface area contributed by atoms with Crippen LogP contribution in [0.5, 0.6) is 0 Å². The van der Waals surface area contributed by atoms with Crippen molar-refractivity contribution in [2.24, 2.45) is 0 Å². The van der Waals surface area contributed by atoms with E-state index in [9.17, 15) is 9.59 Å². The summed E-state index contributed by atoms with van der Waals surface area (Å²) in [4.78, 5) is 26.0. The summed E-state index contributed by atoms with van der Waals surface area (Å²) >= 11 is 3.43. The second-order valence-electron chi connectivity index (χ2n) is 4.92. The Labute approximate surface area is 130 Å². The number of aryl methyl sites for hydroxylation is 1. The van der Waals surface area contributed by atoms with Crippen LogP contribution in [-0.4, -0.2) is 18.4 Å². The largest absolute Gasteiger partial charge is 0.323 e. The minimum Gasteiger partial charge on any atom is -0.323 e. The van der Waals surface area contributed by atoms with Crippen molar-refractivity contribution in [3.8, 4) is 0 Å². The molecule has 0 bridgehead atoms. The third-order valence-electron chi connectivity index (χ3n) is 3.43. The molecular weight excluding hydrogens is 332 g/mol. The maximum Gasteiger partial charge on any atom is 0.258 e. The van der Waals surface area contributed by atoms with E-state index < -0.39 is 0 Å². The van der Waals surface area contributed by atoms with Crippen molar-refractivity contribution in [1.29, 1.82) is 0 Å². The maximum atomic E-state index is 12.7. The smallest absolute Gasteiger partial charge is 0.258 e. The Balaban J connectivity index is 2.01. The lowest BCUT2D eigenvalue weighted by atomic mass is 10.1. The van der Waals surface area contributed by atoms with E-state index in [-0.39, 0.29) is 18.4 Å². The normalized spacial score (nSPS) is 13.6. The van der Waals surface area contributed by atoms with Crippen molar-refractivity contribution >= 4 is 39.1 Å². The summed E-state index contributed by atoms with van der Waals surface area (Å²) in [5.41, 5.74) is 2.99. The van der Waals surface area contributed by atoms with Crippen molar-refractivity contribution in [1.82, 2.24) is 0 Å². The summed E-state index contributed by atoms with van der Waals surface area (Å²) in [5.74, 6) is -0.369. The molecule has 1 N–H and O–H groups in total. The molecule has 2 amide bonds. The second kappa shape index (κ2) is 5.33. The first kappa shape index (κ1) is 13.8. The van der Waals surface area contributed by atoms with E-state index >= 15 is 0 Å². The highest BCUT2D eigenvalue weighted by Gasteiger charge is 2.27. The van der Waals surface area contributed by atoms with Crippen LogP contribution in [0.3, 0.4) is 0 Å². The fraction of sp³-hybridized carbons (Fsp3) is 0.125. The lowest BCUT2D eigenvalue weighted by Gasteiger charge is -2.29. The first-order chi connectivity index (χ1) is 10.1. The minimum absolute atomic E-state index is 0.0291. The van der Waals surface area contributed by atoms with E-state index in [1.54, 1.807) is 18.2 Å². The number of hydrogen-bond acceptors (Lipinski definition) is 2. The van der Waals surface area contributed by atoms with Gasteiger partial charge in [0.1, 0.15) is 6.54 Å². The standard InChI is InChI=1S/C16H13BrN2O2/c1-10-6-7-11(8-12(10)17)16(21)19-9-15(20)18-13-4-2-3-5-14(13)19/h2-8H,9H2,1H3,(H,18,20). The Hall–Kier alpha value is -2.14. The predicted molar refractivity (Wildman–Crippen MR) is 85.6 cm³/mol. The third kappa shape index (κ3) is 2.56. The van der Waals surface area contributed by atoms with Crippen LogP contribution >= 0.6 is 15.9 Å². The molecule has 2 aromatic rings. The van der Waals surface area contributed by atoms with E-state index in [0.717, 1.165) is 15.7 Å². The summed E-state index contributed by atoms with van der Waals surface area (Å²) in [6.07, 6.45) is 0. The predicted octanol–water partition coefficient (Wildman–Crippen LogP) is 3.36. The van der Waals surface area contributed by atoms with Crippen molar-refractivity contribution < 1.29 is 9.59 Å². The third-order valence-corrected chi connectivity index (χ3v) is 4.29. The molecule has 0 fully saturated rings. The van der Waals surface area contributed by atoms with Crippen LogP contribution in [0.2, 0.25) is 0 Å². The van der Waals surface area contributed by atoms with E-state index in [4.69, 9.17) is 0 Å². The van der Waals surface area contributed by atoms with Gasteiger partial charge in [0.2, 0.25) is 5.91 Å². The van der Waals surface area contributed by atoms with E-state index in [2.05, 4.69) is 21.2 Å². The van der Waals surface area contributed by atoms with Crippen LogP contribution in [0.4, 0.5) is 11.4 Å². The summed E-state index contributed by atoms with van der Waals surface area (Å²) in [7, 11) is 0. The van der Waals surface area contributed by atoms with E-state index in [1.165, 1.54) is 4.90 Å². The number of fused-ring (bicyclic) bond motifs is 1. The summed E-state index contributed by atoms with van der Waals surface area (Å²) in [5, 5.41) is 2.77. The fourth-order valence-electron chi connectivity index (χ4n) is 2.30. The van der Waals surface area contributed by atoms with Crippen LogP contribution in [0.1, 0.15) is 15.9 Å². The van der Waals surface area contributed by atoms with E-state index in [0.29, 0.717) is 11.3 Å². The molecule has 0 saturated heterocycles. The van der Waals surface area contributed by atoms with Crippen LogP contribution in [-0.2, 0) is 4.79 Å². The van der Waals surface area contributed by atoms with Gasteiger partial charge in [0.25, 0.3) is 5.91 Å². The molecule has 0 saturated carbocycles. The van der Waals surface area contributed by atoms with Gasteiger partial charge >= 0.3 is 0 Å². The minimum atomic E-state index is -0.187. The Morgan fingerprint density at radius 3 is 2.76 bits per heavy atom. The lowest BCUT2D eigenvalue weighted by Crippen LogP contribution is -2.42. The molecule has 5 heteroatoms. The molecule has 0 aliphatic carbocycles. The quantitative estimate of drug-likeness (QED) is 0.862. The van der Waals surface area contributed by atoms with Crippen LogP contribution in [0.25, 0.3) is 0 Å². The molecule has 1 aliphatic heterocycles. The number of anilines is 2. The highest BCUT2D eigenvalue weighted by atomic mass is 79.9. The second-order valence-corrected chi connectivity index (χ2v) is 5.77. The Morgan fingerprint density at radius 1 is 1.24 bits per heavy atom. The van der Waals surface area contributed by atoms with Gasteiger partial charge in [-0.25, -0.2) is 0 Å². The number of para-hydroxylation sites is 2. The Bertz CT molecular complexity index is 743. The van der Waals surface area contributed by atoms with Gasteiger partial charge < -0.3 is 5.32 Å². The molecule has 4 nitrogen and oxygen atoms in total. The molecule has 106 valence electrons. The molecular formula is C16H13BrN2O2. The number of hydrogen-bond donors (Lipinski definition) is 1. The zero-order chi connectivity index (χ0) is 15.0. The molecule has 0 aromatic heterocycles.